The van der Waals surface area contributed by atoms with E-state index in [0.29, 0.717) is 17.7 Å². The van der Waals surface area contributed by atoms with Crippen LogP contribution in [0.2, 0.25) is 0 Å². The molecule has 0 aromatic heterocycles. The molecule has 144 valence electrons. The van der Waals surface area contributed by atoms with E-state index in [1.54, 1.807) is 6.92 Å². The molecule has 3 aliphatic rings. The van der Waals surface area contributed by atoms with Crippen molar-refractivity contribution >= 4 is 29.5 Å². The molecule has 6 atom stereocenters. The number of β-lactam (4-membered cyclic amide) rings is 1. The van der Waals surface area contributed by atoms with Gasteiger partial charge in [-0.15, -0.1) is 11.8 Å². The Labute approximate surface area is 156 Å². The van der Waals surface area contributed by atoms with E-state index in [4.69, 9.17) is 5.73 Å². The zero-order valence-electron chi connectivity index (χ0n) is 14.8. The molecule has 3 rings (SSSR count). The van der Waals surface area contributed by atoms with Gasteiger partial charge >= 0.3 is 5.97 Å². The van der Waals surface area contributed by atoms with Crippen molar-refractivity contribution in [2.75, 3.05) is 6.54 Å². The molecule has 0 radical (unpaired) electrons. The predicted octanol–water partition coefficient (Wildman–Crippen LogP) is -0.131. The molecule has 26 heavy (non-hydrogen) atoms. The second-order valence-electron chi connectivity index (χ2n) is 7.36. The molecule has 0 aliphatic carbocycles. The van der Waals surface area contributed by atoms with Gasteiger partial charge in [0.05, 0.1) is 18.1 Å². The first kappa shape index (κ1) is 19.2. The number of aliphatic carboxylic acids is 1. The molecule has 9 heteroatoms. The number of aliphatic hydroxyl groups is 1. The van der Waals surface area contributed by atoms with Crippen LogP contribution in [0.15, 0.2) is 10.6 Å². The van der Waals surface area contributed by atoms with Gasteiger partial charge in [-0.25, -0.2) is 4.79 Å². The van der Waals surface area contributed by atoms with Gasteiger partial charge in [0.25, 0.3) is 0 Å². The second-order valence-corrected chi connectivity index (χ2v) is 8.70. The van der Waals surface area contributed by atoms with E-state index in [1.165, 1.54) is 16.7 Å². The summed E-state index contributed by atoms with van der Waals surface area (Å²) in [5, 5.41) is 23.0. The fourth-order valence-corrected chi connectivity index (χ4v) is 5.79. The topological polar surface area (TPSA) is 133 Å². The average molecular weight is 383 g/mol. The number of carboxylic acid groups (broad SMARTS) is 1. The van der Waals surface area contributed by atoms with Crippen LogP contribution in [0.4, 0.5) is 0 Å². The van der Waals surface area contributed by atoms with E-state index < -0.39 is 18.0 Å². The number of primary amides is 1. The number of carboxylic acids is 1. The fourth-order valence-electron chi connectivity index (χ4n) is 4.27. The molecular weight excluding hydrogens is 358 g/mol. The summed E-state index contributed by atoms with van der Waals surface area (Å²) in [7, 11) is 0. The van der Waals surface area contributed by atoms with Gasteiger partial charge in [0.1, 0.15) is 5.70 Å². The molecule has 3 aliphatic heterocycles. The fraction of sp³-hybridized carbons (Fsp3) is 0.706. The van der Waals surface area contributed by atoms with Crippen LogP contribution in [0, 0.1) is 11.8 Å². The summed E-state index contributed by atoms with van der Waals surface area (Å²) in [5.74, 6) is -2.39. The molecule has 2 amide bonds. The predicted molar refractivity (Wildman–Crippen MR) is 95.8 cm³/mol. The van der Waals surface area contributed by atoms with Gasteiger partial charge in [0.15, 0.2) is 0 Å². The lowest BCUT2D eigenvalue weighted by molar-refractivity contribution is -0.163. The summed E-state index contributed by atoms with van der Waals surface area (Å²) < 4.78 is 0. The van der Waals surface area contributed by atoms with Crippen molar-refractivity contribution in [1.82, 2.24) is 10.2 Å². The zero-order valence-corrected chi connectivity index (χ0v) is 15.7. The number of nitrogens with one attached hydrogen (secondary N) is 1. The van der Waals surface area contributed by atoms with E-state index in [0.717, 1.165) is 13.0 Å². The minimum absolute atomic E-state index is 0.0648. The summed E-state index contributed by atoms with van der Waals surface area (Å²) in [6.07, 6.45) is 1.02. The van der Waals surface area contributed by atoms with Crippen molar-refractivity contribution in [2.24, 2.45) is 17.6 Å². The minimum Gasteiger partial charge on any atom is -0.477 e. The SMILES string of the molecule is C[C@@H](O)[C@H]1C(=O)N2C(C(=O)O)=C(S[C@@H]3CN[C@H](CCC(N)=O)C3)[C@H](C)[C@H]12. The number of nitrogens with two attached hydrogens (primary N) is 1. The molecule has 2 fully saturated rings. The van der Waals surface area contributed by atoms with Crippen molar-refractivity contribution in [3.8, 4) is 0 Å². The standard InChI is InChI=1S/C17H25N3O5S/c1-7-13-12(8(2)21)16(23)20(13)14(17(24)25)15(7)26-10-5-9(19-6-10)3-4-11(18)22/h7-10,12-13,19,21H,3-6H2,1-2H3,(H2,18,22)(H,24,25)/t7-,8-,9-,10+,12-,13-/m1/s1. The maximum Gasteiger partial charge on any atom is 0.353 e. The highest BCUT2D eigenvalue weighted by atomic mass is 32.2. The van der Waals surface area contributed by atoms with Crippen molar-refractivity contribution in [3.63, 3.8) is 0 Å². The number of carbonyl (C=O) groups is 3. The van der Waals surface area contributed by atoms with Crippen molar-refractivity contribution < 1.29 is 24.6 Å². The van der Waals surface area contributed by atoms with Crippen LogP contribution < -0.4 is 11.1 Å². The van der Waals surface area contributed by atoms with E-state index in [-0.39, 0.29) is 40.8 Å². The van der Waals surface area contributed by atoms with Crippen molar-refractivity contribution in [2.45, 2.75) is 56.5 Å². The van der Waals surface area contributed by atoms with E-state index in [9.17, 15) is 24.6 Å². The smallest absolute Gasteiger partial charge is 0.353 e. The number of fused-ring (bicyclic) bond motifs is 1. The summed E-state index contributed by atoms with van der Waals surface area (Å²) in [6, 6.07) is -0.0921. The number of nitrogens with zero attached hydrogens (tertiary/aromatic N) is 1. The Morgan fingerprint density at radius 2 is 2.15 bits per heavy atom. The number of rotatable bonds is 7. The minimum atomic E-state index is -1.10. The van der Waals surface area contributed by atoms with Gasteiger partial charge < -0.3 is 26.2 Å². The van der Waals surface area contributed by atoms with E-state index in [2.05, 4.69) is 5.32 Å². The first-order chi connectivity index (χ1) is 12.2. The summed E-state index contributed by atoms with van der Waals surface area (Å²) in [6.45, 7) is 4.21. The van der Waals surface area contributed by atoms with E-state index in [1.807, 2.05) is 6.92 Å². The number of hydrogen-bond donors (Lipinski definition) is 4. The average Bonchev–Trinajstić information content (AvgIpc) is 3.08. The maximum atomic E-state index is 12.3. The summed E-state index contributed by atoms with van der Waals surface area (Å²) in [4.78, 5) is 37.1. The van der Waals surface area contributed by atoms with Crippen LogP contribution in [0.3, 0.4) is 0 Å². The third-order valence-electron chi connectivity index (χ3n) is 5.53. The number of aliphatic hydroxyl groups excluding tert-OH is 1. The van der Waals surface area contributed by atoms with Gasteiger partial charge in [-0.3, -0.25) is 9.59 Å². The molecule has 0 aromatic rings. The second kappa shape index (κ2) is 7.21. The monoisotopic (exact) mass is 383 g/mol. The van der Waals surface area contributed by atoms with Gasteiger partial charge in [-0.2, -0.15) is 0 Å². The molecule has 2 saturated heterocycles. The molecule has 0 saturated carbocycles. The number of hydrogen-bond acceptors (Lipinski definition) is 6. The highest BCUT2D eigenvalue weighted by Crippen LogP contribution is 2.51. The Hall–Kier alpha value is -1.58. The normalized spacial score (nSPS) is 34.7. The van der Waals surface area contributed by atoms with Crippen LogP contribution in [-0.2, 0) is 14.4 Å². The summed E-state index contributed by atoms with van der Waals surface area (Å²) in [5.41, 5.74) is 5.26. The maximum absolute atomic E-state index is 12.3. The van der Waals surface area contributed by atoms with Gasteiger partial charge in [0, 0.05) is 35.1 Å². The van der Waals surface area contributed by atoms with Crippen LogP contribution in [-0.4, -0.2) is 62.9 Å². The Bertz CT molecular complexity index is 665. The molecule has 0 spiro atoms. The molecule has 8 nitrogen and oxygen atoms in total. The summed E-state index contributed by atoms with van der Waals surface area (Å²) >= 11 is 1.51. The highest BCUT2D eigenvalue weighted by Gasteiger charge is 2.60. The number of thioether (sulfide) groups is 1. The largest absolute Gasteiger partial charge is 0.477 e. The lowest BCUT2D eigenvalue weighted by Crippen LogP contribution is -2.63. The van der Waals surface area contributed by atoms with Gasteiger partial charge in [0.2, 0.25) is 11.8 Å². The molecule has 0 aromatic carbocycles. The molecular formula is C17H25N3O5S. The number of amides is 2. The highest BCUT2D eigenvalue weighted by molar-refractivity contribution is 8.03. The van der Waals surface area contributed by atoms with E-state index >= 15 is 0 Å². The van der Waals surface area contributed by atoms with Crippen molar-refractivity contribution in [3.05, 3.63) is 10.6 Å². The van der Waals surface area contributed by atoms with Gasteiger partial charge in [-0.05, 0) is 19.8 Å². The molecule has 3 heterocycles. The van der Waals surface area contributed by atoms with Gasteiger partial charge in [-0.1, -0.05) is 6.92 Å². The van der Waals surface area contributed by atoms with Crippen LogP contribution in [0.1, 0.15) is 33.1 Å². The zero-order chi connectivity index (χ0) is 19.2. The molecule has 5 N–H and O–H groups in total. The third-order valence-corrected chi connectivity index (χ3v) is 7.04. The lowest BCUT2D eigenvalue weighted by atomic mass is 9.79. The van der Waals surface area contributed by atoms with Crippen LogP contribution in [0.25, 0.3) is 0 Å². The Balaban J connectivity index is 1.72. The first-order valence-electron chi connectivity index (χ1n) is 8.89. The Morgan fingerprint density at radius 1 is 1.46 bits per heavy atom. The number of carbonyl (C=O) groups excluding carboxylic acids is 2. The van der Waals surface area contributed by atoms with Crippen molar-refractivity contribution in [1.29, 1.82) is 0 Å². The third kappa shape index (κ3) is 3.23. The molecule has 0 unspecified atom stereocenters. The van der Waals surface area contributed by atoms with Crippen LogP contribution in [0.5, 0.6) is 0 Å². The van der Waals surface area contributed by atoms with Crippen LogP contribution >= 0.6 is 11.8 Å². The quantitative estimate of drug-likeness (QED) is 0.450. The lowest BCUT2D eigenvalue weighted by Gasteiger charge is -2.46. The molecule has 0 bridgehead atoms. The first-order valence-corrected chi connectivity index (χ1v) is 9.77. The Morgan fingerprint density at radius 3 is 2.73 bits per heavy atom. The Kier molecular flexibility index (Phi) is 5.32.